The summed E-state index contributed by atoms with van der Waals surface area (Å²) in [6.45, 7) is 4.47. The third-order valence-electron chi connectivity index (χ3n) is 8.17. The van der Waals surface area contributed by atoms with Crippen molar-refractivity contribution in [3.05, 3.63) is 117 Å². The molecule has 6 aromatic rings. The number of aryl methyl sites for hydroxylation is 1. The molecule has 1 aliphatic heterocycles. The van der Waals surface area contributed by atoms with E-state index in [4.69, 9.17) is 14.7 Å². The van der Waals surface area contributed by atoms with Gasteiger partial charge in [0, 0.05) is 30.9 Å². The van der Waals surface area contributed by atoms with Gasteiger partial charge in [-0.25, -0.2) is 9.97 Å². The number of nitrogens with zero attached hydrogens (tertiary/aromatic N) is 6. The highest BCUT2D eigenvalue weighted by molar-refractivity contribution is 7.20. The minimum absolute atomic E-state index is 0.130. The molecule has 4 aromatic heterocycles. The second-order valence-electron chi connectivity index (χ2n) is 11.1. The van der Waals surface area contributed by atoms with Gasteiger partial charge in [0.2, 0.25) is 11.0 Å². The van der Waals surface area contributed by atoms with E-state index in [1.54, 1.807) is 15.3 Å². The van der Waals surface area contributed by atoms with Crippen LogP contribution in [0.5, 0.6) is 5.88 Å². The van der Waals surface area contributed by atoms with Crippen LogP contribution in [0.15, 0.2) is 88.5 Å². The Labute approximate surface area is 252 Å². The van der Waals surface area contributed by atoms with Crippen LogP contribution in [0.25, 0.3) is 26.3 Å². The fourth-order valence-electron chi connectivity index (χ4n) is 5.84. The maximum absolute atomic E-state index is 14.2. The molecule has 7 rings (SSSR count). The summed E-state index contributed by atoms with van der Waals surface area (Å²) >= 11 is 1.46. The highest BCUT2D eigenvalue weighted by Crippen LogP contribution is 2.26. The summed E-state index contributed by atoms with van der Waals surface area (Å²) in [6.07, 6.45) is 2.04. The standard InChI is InChI=1S/C33H32N6O3S/c1-22-31-27(19-30(40)37(22)21-24-11-8-14-29(34-24)42-25-15-17-36(2)18-16-25)38(20-23-9-4-3-5-10-23)39(32(31)41)33-35-26-12-6-7-13-28(26)43-33/h3-14,19,25H,15-18,20-21H2,1-2H3. The molecule has 0 atom stereocenters. The van der Waals surface area contributed by atoms with Crippen molar-refractivity contribution in [1.29, 1.82) is 0 Å². The van der Waals surface area contributed by atoms with Crippen LogP contribution in [-0.2, 0) is 13.1 Å². The zero-order valence-corrected chi connectivity index (χ0v) is 25.0. The maximum atomic E-state index is 14.2. The number of thiazole rings is 1. The average Bonchev–Trinajstić information content (AvgIpc) is 3.55. The smallest absolute Gasteiger partial charge is 0.283 e. The molecule has 1 fully saturated rings. The number of hydrogen-bond acceptors (Lipinski definition) is 7. The summed E-state index contributed by atoms with van der Waals surface area (Å²) in [4.78, 5) is 39.7. The van der Waals surface area contributed by atoms with Gasteiger partial charge < -0.3 is 14.2 Å². The van der Waals surface area contributed by atoms with E-state index >= 15 is 0 Å². The van der Waals surface area contributed by atoms with Crippen LogP contribution in [0, 0.1) is 6.92 Å². The number of aromatic nitrogens is 5. The van der Waals surface area contributed by atoms with Crippen molar-refractivity contribution in [3.8, 4) is 11.0 Å². The van der Waals surface area contributed by atoms with Gasteiger partial charge in [-0.3, -0.25) is 14.3 Å². The summed E-state index contributed by atoms with van der Waals surface area (Å²) in [5.74, 6) is 0.561. The molecule has 0 spiro atoms. The van der Waals surface area contributed by atoms with Gasteiger partial charge in [-0.05, 0) is 50.6 Å². The van der Waals surface area contributed by atoms with Crippen LogP contribution < -0.4 is 15.9 Å². The molecule has 0 aliphatic carbocycles. The highest BCUT2D eigenvalue weighted by atomic mass is 32.1. The molecule has 10 heteroatoms. The molecule has 0 unspecified atom stereocenters. The first kappa shape index (κ1) is 27.3. The Morgan fingerprint density at radius 2 is 1.67 bits per heavy atom. The van der Waals surface area contributed by atoms with Gasteiger partial charge in [-0.15, -0.1) is 0 Å². The summed E-state index contributed by atoms with van der Waals surface area (Å²) < 4.78 is 12.3. The van der Waals surface area contributed by atoms with E-state index in [9.17, 15) is 9.59 Å². The molecule has 9 nitrogen and oxygen atoms in total. The first-order chi connectivity index (χ1) is 20.9. The van der Waals surface area contributed by atoms with Crippen molar-refractivity contribution in [2.75, 3.05) is 20.1 Å². The van der Waals surface area contributed by atoms with Crippen LogP contribution in [0.2, 0.25) is 0 Å². The van der Waals surface area contributed by atoms with Crippen LogP contribution in [0.3, 0.4) is 0 Å². The van der Waals surface area contributed by atoms with E-state index in [1.807, 2.05) is 84.4 Å². The van der Waals surface area contributed by atoms with Crippen molar-refractivity contribution < 1.29 is 4.74 Å². The minimum Gasteiger partial charge on any atom is -0.474 e. The first-order valence-electron chi connectivity index (χ1n) is 14.5. The van der Waals surface area contributed by atoms with E-state index in [0.717, 1.165) is 41.7 Å². The Hall–Kier alpha value is -4.54. The second kappa shape index (κ2) is 11.3. The molecule has 0 radical (unpaired) electrons. The Morgan fingerprint density at radius 3 is 2.47 bits per heavy atom. The quantitative estimate of drug-likeness (QED) is 0.264. The van der Waals surface area contributed by atoms with Gasteiger partial charge in [-0.2, -0.15) is 4.68 Å². The second-order valence-corrected chi connectivity index (χ2v) is 12.1. The summed E-state index contributed by atoms with van der Waals surface area (Å²) in [5.41, 5.74) is 3.32. The molecular formula is C33H32N6O3S. The van der Waals surface area contributed by atoms with Crippen LogP contribution in [0.1, 0.15) is 29.8 Å². The number of piperidine rings is 1. The summed E-state index contributed by atoms with van der Waals surface area (Å²) in [7, 11) is 2.12. The van der Waals surface area contributed by atoms with Gasteiger partial charge in [0.15, 0.2) is 0 Å². The van der Waals surface area contributed by atoms with E-state index in [1.165, 1.54) is 11.3 Å². The van der Waals surface area contributed by atoms with Gasteiger partial charge in [-0.1, -0.05) is 59.9 Å². The third kappa shape index (κ3) is 5.28. The number of fused-ring (bicyclic) bond motifs is 2. The molecule has 43 heavy (non-hydrogen) atoms. The van der Waals surface area contributed by atoms with Gasteiger partial charge >= 0.3 is 0 Å². The minimum atomic E-state index is -0.205. The van der Waals surface area contributed by atoms with E-state index < -0.39 is 0 Å². The Bertz CT molecular complexity index is 2020. The predicted molar refractivity (Wildman–Crippen MR) is 170 cm³/mol. The van der Waals surface area contributed by atoms with Crippen molar-refractivity contribution in [1.82, 2.24) is 28.8 Å². The largest absolute Gasteiger partial charge is 0.474 e. The SMILES string of the molecule is Cc1c2c(=O)n(-c3nc4ccccc4s3)n(Cc3ccccc3)c2cc(=O)n1Cc1cccc(OC2CCN(C)CC2)n1. The Kier molecular flexibility index (Phi) is 7.16. The number of para-hydroxylation sites is 1. The predicted octanol–water partition coefficient (Wildman–Crippen LogP) is 4.84. The van der Waals surface area contributed by atoms with Gasteiger partial charge in [0.1, 0.15) is 6.10 Å². The number of rotatable bonds is 7. The molecule has 2 aromatic carbocycles. The summed E-state index contributed by atoms with van der Waals surface area (Å²) in [5, 5.41) is 1.06. The first-order valence-corrected chi connectivity index (χ1v) is 15.3. The molecule has 0 N–H and O–H groups in total. The number of likely N-dealkylation sites (tertiary alicyclic amines) is 1. The van der Waals surface area contributed by atoms with Crippen molar-refractivity contribution in [2.24, 2.45) is 0 Å². The van der Waals surface area contributed by atoms with Crippen molar-refractivity contribution >= 4 is 32.5 Å². The maximum Gasteiger partial charge on any atom is 0.283 e. The van der Waals surface area contributed by atoms with E-state index in [2.05, 4.69) is 11.9 Å². The lowest BCUT2D eigenvalue weighted by Crippen LogP contribution is -2.35. The molecule has 0 amide bonds. The Balaban J connectivity index is 1.31. The zero-order valence-electron chi connectivity index (χ0n) is 24.1. The number of hydrogen-bond donors (Lipinski definition) is 0. The zero-order chi connectivity index (χ0) is 29.5. The third-order valence-corrected chi connectivity index (χ3v) is 9.18. The molecule has 1 aliphatic rings. The highest BCUT2D eigenvalue weighted by Gasteiger charge is 2.23. The fourth-order valence-corrected chi connectivity index (χ4v) is 6.81. The lowest BCUT2D eigenvalue weighted by Gasteiger charge is -2.29. The van der Waals surface area contributed by atoms with Crippen LogP contribution in [-0.4, -0.2) is 55.0 Å². The van der Waals surface area contributed by atoms with Crippen molar-refractivity contribution in [3.63, 3.8) is 0 Å². The van der Waals surface area contributed by atoms with Gasteiger partial charge in [0.25, 0.3) is 11.1 Å². The molecule has 218 valence electrons. The van der Waals surface area contributed by atoms with E-state index in [0.29, 0.717) is 39.8 Å². The normalized spacial score (nSPS) is 14.6. The van der Waals surface area contributed by atoms with Gasteiger partial charge in [0.05, 0.1) is 39.9 Å². The fraction of sp³-hybridized carbons (Fsp3) is 0.273. The topological polar surface area (TPSA) is 87.2 Å². The average molecular weight is 593 g/mol. The molecule has 5 heterocycles. The number of benzene rings is 2. The monoisotopic (exact) mass is 592 g/mol. The lowest BCUT2D eigenvalue weighted by atomic mass is 10.1. The lowest BCUT2D eigenvalue weighted by molar-refractivity contribution is 0.110. The molecular weight excluding hydrogens is 560 g/mol. The summed E-state index contributed by atoms with van der Waals surface area (Å²) in [6, 6.07) is 25.0. The number of ether oxygens (including phenoxy) is 1. The molecule has 0 bridgehead atoms. The van der Waals surface area contributed by atoms with Crippen LogP contribution >= 0.6 is 11.3 Å². The van der Waals surface area contributed by atoms with E-state index in [-0.39, 0.29) is 23.8 Å². The molecule has 1 saturated heterocycles. The number of pyridine rings is 2. The van der Waals surface area contributed by atoms with Crippen molar-refractivity contribution in [2.45, 2.75) is 39.0 Å². The molecule has 0 saturated carbocycles. The Morgan fingerprint density at radius 1 is 0.907 bits per heavy atom. The van der Waals surface area contributed by atoms with Crippen LogP contribution in [0.4, 0.5) is 0 Å².